The normalized spacial score (nSPS) is 24.4. The maximum absolute atomic E-state index is 4.55. The fourth-order valence-electron chi connectivity index (χ4n) is 2.56. The van der Waals surface area contributed by atoms with E-state index < -0.39 is 0 Å². The Balaban J connectivity index is 1.98. The molecular weight excluding hydrogens is 198 g/mol. The van der Waals surface area contributed by atoms with E-state index in [2.05, 4.69) is 34.9 Å². The highest BCUT2D eigenvalue weighted by molar-refractivity contribution is 5.08. The molecule has 3 nitrogen and oxygen atoms in total. The molecule has 2 rings (SSSR count). The van der Waals surface area contributed by atoms with Crippen LogP contribution in [-0.2, 0) is 6.54 Å². The summed E-state index contributed by atoms with van der Waals surface area (Å²) in [4.78, 5) is 4.55. The Morgan fingerprint density at radius 3 is 2.94 bits per heavy atom. The first-order chi connectivity index (χ1) is 7.86. The molecule has 0 saturated heterocycles. The quantitative estimate of drug-likeness (QED) is 0.799. The molecule has 3 heteroatoms. The molecule has 1 N–H and O–H groups in total. The summed E-state index contributed by atoms with van der Waals surface area (Å²) in [6, 6.07) is 0. The number of aryl methyl sites for hydroxylation is 1. The molecule has 16 heavy (non-hydrogen) atoms. The molecule has 1 aromatic rings. The van der Waals surface area contributed by atoms with Crippen molar-refractivity contribution in [3.63, 3.8) is 0 Å². The number of aromatic nitrogens is 2. The zero-order valence-corrected chi connectivity index (χ0v) is 10.4. The molecule has 1 fully saturated rings. The van der Waals surface area contributed by atoms with Crippen LogP contribution in [0.25, 0.3) is 0 Å². The fourth-order valence-corrected chi connectivity index (χ4v) is 2.56. The van der Waals surface area contributed by atoms with E-state index in [1.807, 2.05) is 6.20 Å². The molecule has 0 spiro atoms. The van der Waals surface area contributed by atoms with Crippen LogP contribution in [-0.4, -0.2) is 22.6 Å². The maximum atomic E-state index is 4.55. The van der Waals surface area contributed by atoms with E-state index in [1.165, 1.54) is 25.1 Å². The molecule has 1 heterocycles. The van der Waals surface area contributed by atoms with Crippen LogP contribution in [0.4, 0.5) is 0 Å². The van der Waals surface area contributed by atoms with E-state index in [0.717, 1.165) is 25.6 Å². The van der Waals surface area contributed by atoms with E-state index in [4.69, 9.17) is 0 Å². The van der Waals surface area contributed by atoms with Gasteiger partial charge in [0.15, 0.2) is 0 Å². The number of imidazole rings is 1. The summed E-state index contributed by atoms with van der Waals surface area (Å²) < 4.78 is 2.34. The van der Waals surface area contributed by atoms with E-state index in [9.17, 15) is 0 Å². The Bertz CT molecular complexity index is 319. The van der Waals surface area contributed by atoms with Crippen LogP contribution < -0.4 is 5.32 Å². The first kappa shape index (κ1) is 11.6. The van der Waals surface area contributed by atoms with Crippen molar-refractivity contribution in [2.75, 3.05) is 13.1 Å². The standard InChI is InChI=1S/C13H23N3/c1-3-8-16-9-7-15-13(16)12-6-5-11(12)10-14-4-2/h7,9,11-12,14H,3-6,8,10H2,1-2H3. The van der Waals surface area contributed by atoms with Crippen molar-refractivity contribution in [3.8, 4) is 0 Å². The highest BCUT2D eigenvalue weighted by Gasteiger charge is 2.34. The van der Waals surface area contributed by atoms with Crippen molar-refractivity contribution in [3.05, 3.63) is 18.2 Å². The van der Waals surface area contributed by atoms with Gasteiger partial charge in [-0.2, -0.15) is 0 Å². The summed E-state index contributed by atoms with van der Waals surface area (Å²) in [5.74, 6) is 2.81. The molecule has 2 unspecified atom stereocenters. The monoisotopic (exact) mass is 221 g/mol. The van der Waals surface area contributed by atoms with Crippen LogP contribution in [0.2, 0.25) is 0 Å². The molecule has 90 valence electrons. The third-order valence-corrected chi connectivity index (χ3v) is 3.62. The lowest BCUT2D eigenvalue weighted by atomic mass is 9.73. The van der Waals surface area contributed by atoms with Gasteiger partial charge in [0.05, 0.1) is 0 Å². The van der Waals surface area contributed by atoms with E-state index in [-0.39, 0.29) is 0 Å². The van der Waals surface area contributed by atoms with Crippen molar-refractivity contribution in [2.24, 2.45) is 5.92 Å². The van der Waals surface area contributed by atoms with E-state index in [0.29, 0.717) is 5.92 Å². The van der Waals surface area contributed by atoms with Gasteiger partial charge in [0.25, 0.3) is 0 Å². The molecule has 0 aromatic carbocycles. The van der Waals surface area contributed by atoms with E-state index in [1.54, 1.807) is 0 Å². The van der Waals surface area contributed by atoms with Crippen molar-refractivity contribution in [1.29, 1.82) is 0 Å². The Kier molecular flexibility index (Phi) is 3.99. The second kappa shape index (κ2) is 5.48. The summed E-state index contributed by atoms with van der Waals surface area (Å²) in [7, 11) is 0. The first-order valence-corrected chi connectivity index (χ1v) is 6.58. The number of rotatable bonds is 6. The zero-order chi connectivity index (χ0) is 11.4. The molecule has 0 radical (unpaired) electrons. The molecule has 2 atom stereocenters. The summed E-state index contributed by atoms with van der Waals surface area (Å²) >= 11 is 0. The summed E-state index contributed by atoms with van der Waals surface area (Å²) in [6.45, 7) is 7.74. The van der Waals surface area contributed by atoms with Gasteiger partial charge >= 0.3 is 0 Å². The van der Waals surface area contributed by atoms with Gasteiger partial charge < -0.3 is 9.88 Å². The van der Waals surface area contributed by atoms with Crippen molar-refractivity contribution in [1.82, 2.24) is 14.9 Å². The Hall–Kier alpha value is -0.830. The number of nitrogens with one attached hydrogen (secondary N) is 1. The predicted molar refractivity (Wildman–Crippen MR) is 66.5 cm³/mol. The molecular formula is C13H23N3. The van der Waals surface area contributed by atoms with Gasteiger partial charge in [0.2, 0.25) is 0 Å². The fraction of sp³-hybridized carbons (Fsp3) is 0.769. The molecule has 1 aliphatic carbocycles. The second-order valence-corrected chi connectivity index (χ2v) is 4.73. The molecule has 1 aromatic heterocycles. The smallest absolute Gasteiger partial charge is 0.112 e. The van der Waals surface area contributed by atoms with Crippen LogP contribution >= 0.6 is 0 Å². The number of nitrogens with zero attached hydrogens (tertiary/aromatic N) is 2. The van der Waals surface area contributed by atoms with Crippen LogP contribution in [0.3, 0.4) is 0 Å². The highest BCUT2D eigenvalue weighted by Crippen LogP contribution is 2.41. The van der Waals surface area contributed by atoms with Gasteiger partial charge in [0, 0.05) is 24.9 Å². The van der Waals surface area contributed by atoms with Gasteiger partial charge in [-0.3, -0.25) is 0 Å². The highest BCUT2D eigenvalue weighted by atomic mass is 15.1. The van der Waals surface area contributed by atoms with Crippen LogP contribution in [0.15, 0.2) is 12.4 Å². The van der Waals surface area contributed by atoms with Gasteiger partial charge in [-0.15, -0.1) is 0 Å². The zero-order valence-electron chi connectivity index (χ0n) is 10.4. The van der Waals surface area contributed by atoms with Crippen molar-refractivity contribution in [2.45, 2.75) is 45.6 Å². The van der Waals surface area contributed by atoms with Crippen LogP contribution in [0.1, 0.15) is 44.9 Å². The lowest BCUT2D eigenvalue weighted by molar-refractivity contribution is 0.232. The third-order valence-electron chi connectivity index (χ3n) is 3.62. The third kappa shape index (κ3) is 2.29. The Labute approximate surface area is 98.3 Å². The number of hydrogen-bond acceptors (Lipinski definition) is 2. The summed E-state index contributed by atoms with van der Waals surface area (Å²) in [5.41, 5.74) is 0. The summed E-state index contributed by atoms with van der Waals surface area (Å²) in [6.07, 6.45) is 7.94. The van der Waals surface area contributed by atoms with Crippen LogP contribution in [0.5, 0.6) is 0 Å². The van der Waals surface area contributed by atoms with E-state index >= 15 is 0 Å². The average molecular weight is 221 g/mol. The second-order valence-electron chi connectivity index (χ2n) is 4.73. The minimum Gasteiger partial charge on any atom is -0.335 e. The summed E-state index contributed by atoms with van der Waals surface area (Å²) in [5, 5.41) is 3.46. The minimum absolute atomic E-state index is 0.695. The van der Waals surface area contributed by atoms with Gasteiger partial charge in [-0.25, -0.2) is 4.98 Å². The van der Waals surface area contributed by atoms with Gasteiger partial charge in [0.1, 0.15) is 5.82 Å². The molecule has 1 aliphatic rings. The Morgan fingerprint density at radius 2 is 2.31 bits per heavy atom. The maximum Gasteiger partial charge on any atom is 0.112 e. The molecule has 0 bridgehead atoms. The molecule has 0 aliphatic heterocycles. The topological polar surface area (TPSA) is 29.9 Å². The largest absolute Gasteiger partial charge is 0.335 e. The number of hydrogen-bond donors (Lipinski definition) is 1. The predicted octanol–water partition coefficient (Wildman–Crippen LogP) is 2.40. The minimum atomic E-state index is 0.695. The van der Waals surface area contributed by atoms with Gasteiger partial charge in [-0.05, 0) is 38.3 Å². The molecule has 0 amide bonds. The SMILES string of the molecule is CCCn1ccnc1C1CCC1CNCC. The average Bonchev–Trinajstić information content (AvgIpc) is 2.66. The van der Waals surface area contributed by atoms with Crippen molar-refractivity contribution >= 4 is 0 Å². The lowest BCUT2D eigenvalue weighted by Gasteiger charge is -2.36. The van der Waals surface area contributed by atoms with Crippen LogP contribution in [0, 0.1) is 5.92 Å². The first-order valence-electron chi connectivity index (χ1n) is 6.58. The molecule has 1 saturated carbocycles. The lowest BCUT2D eigenvalue weighted by Crippen LogP contribution is -2.35. The Morgan fingerprint density at radius 1 is 1.44 bits per heavy atom. The van der Waals surface area contributed by atoms with Gasteiger partial charge in [-0.1, -0.05) is 13.8 Å². The van der Waals surface area contributed by atoms with Crippen molar-refractivity contribution < 1.29 is 0 Å².